The van der Waals surface area contributed by atoms with Crippen LogP contribution in [0.5, 0.6) is 0 Å². The molecule has 15 heavy (non-hydrogen) atoms. The molecule has 3 unspecified atom stereocenters. The highest BCUT2D eigenvalue weighted by atomic mass is 32.1. The molecule has 90 valence electrons. The fourth-order valence-electron chi connectivity index (χ4n) is 2.09. The largest absolute Gasteiger partial charge is 0.392 e. The Morgan fingerprint density at radius 2 is 2.13 bits per heavy atom. The lowest BCUT2D eigenvalue weighted by molar-refractivity contribution is 0.0215. The van der Waals surface area contributed by atoms with Gasteiger partial charge in [0.05, 0.1) is 6.10 Å². The minimum atomic E-state index is -0.133. The van der Waals surface area contributed by atoms with Gasteiger partial charge in [-0.2, -0.15) is 12.6 Å². The normalized spacial score (nSPS) is 30.8. The molecule has 0 saturated carbocycles. The van der Waals surface area contributed by atoms with Crippen LogP contribution in [-0.2, 0) is 0 Å². The first-order valence-corrected chi connectivity index (χ1v) is 6.69. The molecule has 0 bridgehead atoms. The molecule has 1 aliphatic heterocycles. The quantitative estimate of drug-likeness (QED) is 0.722. The van der Waals surface area contributed by atoms with Crippen LogP contribution in [0.1, 0.15) is 27.2 Å². The van der Waals surface area contributed by atoms with Crippen molar-refractivity contribution < 1.29 is 5.11 Å². The molecule has 0 aromatic rings. The molecule has 2 nitrogen and oxygen atoms in total. The van der Waals surface area contributed by atoms with Crippen LogP contribution < -0.4 is 0 Å². The van der Waals surface area contributed by atoms with E-state index >= 15 is 0 Å². The van der Waals surface area contributed by atoms with Gasteiger partial charge in [0.2, 0.25) is 0 Å². The second-order valence-corrected chi connectivity index (χ2v) is 5.64. The molecule has 1 aliphatic rings. The summed E-state index contributed by atoms with van der Waals surface area (Å²) in [5.74, 6) is 2.74. The standard InChI is InChI=1S/C12H25NOS/c1-9(2)11(8-15)6-13-5-4-10(3)12(14)7-13/h9-12,14-15H,4-8H2,1-3H3. The third-order valence-electron chi connectivity index (χ3n) is 3.67. The van der Waals surface area contributed by atoms with Crippen molar-refractivity contribution in [3.63, 3.8) is 0 Å². The number of β-amino-alcohol motifs (C(OH)–C–C–N with tert-alkyl or cyclic N) is 1. The molecule has 1 saturated heterocycles. The summed E-state index contributed by atoms with van der Waals surface area (Å²) in [5, 5.41) is 9.81. The Bertz CT molecular complexity index is 186. The predicted octanol–water partition coefficient (Wildman–Crippen LogP) is 1.89. The number of hydrogen-bond acceptors (Lipinski definition) is 3. The Labute approximate surface area is 99.5 Å². The fraction of sp³-hybridized carbons (Fsp3) is 1.00. The number of rotatable bonds is 4. The summed E-state index contributed by atoms with van der Waals surface area (Å²) in [4.78, 5) is 2.39. The van der Waals surface area contributed by atoms with E-state index in [1.165, 1.54) is 0 Å². The number of likely N-dealkylation sites (tertiary alicyclic amines) is 1. The van der Waals surface area contributed by atoms with Crippen LogP contribution in [0.2, 0.25) is 0 Å². The zero-order valence-electron chi connectivity index (χ0n) is 10.2. The van der Waals surface area contributed by atoms with Gasteiger partial charge in [-0.05, 0) is 36.5 Å². The van der Waals surface area contributed by atoms with Gasteiger partial charge in [-0.3, -0.25) is 0 Å². The summed E-state index contributed by atoms with van der Waals surface area (Å²) in [6.07, 6.45) is 0.991. The van der Waals surface area contributed by atoms with E-state index in [0.29, 0.717) is 17.8 Å². The predicted molar refractivity (Wildman–Crippen MR) is 68.4 cm³/mol. The average molecular weight is 231 g/mol. The van der Waals surface area contributed by atoms with Crippen LogP contribution in [-0.4, -0.2) is 41.5 Å². The van der Waals surface area contributed by atoms with Gasteiger partial charge in [0.1, 0.15) is 0 Å². The van der Waals surface area contributed by atoms with E-state index in [1.54, 1.807) is 0 Å². The summed E-state index contributed by atoms with van der Waals surface area (Å²) >= 11 is 4.41. The first kappa shape index (κ1) is 13.3. The Hall–Kier alpha value is 0.270. The van der Waals surface area contributed by atoms with Gasteiger partial charge in [-0.1, -0.05) is 20.8 Å². The third-order valence-corrected chi connectivity index (χ3v) is 4.14. The highest BCUT2D eigenvalue weighted by molar-refractivity contribution is 7.80. The smallest absolute Gasteiger partial charge is 0.0693 e. The number of hydrogen-bond donors (Lipinski definition) is 2. The maximum Gasteiger partial charge on any atom is 0.0693 e. The summed E-state index contributed by atoms with van der Waals surface area (Å²) in [6, 6.07) is 0. The van der Waals surface area contributed by atoms with Gasteiger partial charge in [0, 0.05) is 13.1 Å². The van der Waals surface area contributed by atoms with E-state index in [1.807, 2.05) is 0 Å². The fourth-order valence-corrected chi connectivity index (χ4v) is 2.63. The second kappa shape index (κ2) is 6.12. The molecule has 1 heterocycles. The monoisotopic (exact) mass is 231 g/mol. The number of aliphatic hydroxyl groups excluding tert-OH is 1. The van der Waals surface area contributed by atoms with Crippen LogP contribution in [0.25, 0.3) is 0 Å². The topological polar surface area (TPSA) is 23.5 Å². The SMILES string of the molecule is CC(C)C(CS)CN1CCC(C)C(O)C1. The molecule has 3 atom stereocenters. The maximum absolute atomic E-state index is 9.81. The zero-order valence-corrected chi connectivity index (χ0v) is 11.1. The third kappa shape index (κ3) is 3.97. The second-order valence-electron chi connectivity index (χ2n) is 5.28. The zero-order chi connectivity index (χ0) is 11.4. The number of nitrogens with zero attached hydrogens (tertiary/aromatic N) is 1. The summed E-state index contributed by atoms with van der Waals surface area (Å²) in [7, 11) is 0. The highest BCUT2D eigenvalue weighted by Crippen LogP contribution is 2.20. The summed E-state index contributed by atoms with van der Waals surface area (Å²) < 4.78 is 0. The van der Waals surface area contributed by atoms with E-state index in [-0.39, 0.29) is 6.10 Å². The van der Waals surface area contributed by atoms with E-state index in [9.17, 15) is 5.11 Å². The Morgan fingerprint density at radius 1 is 1.47 bits per heavy atom. The van der Waals surface area contributed by atoms with Crippen molar-refractivity contribution in [2.75, 3.05) is 25.4 Å². The van der Waals surface area contributed by atoms with E-state index in [4.69, 9.17) is 0 Å². The Morgan fingerprint density at radius 3 is 2.60 bits per heavy atom. The molecular formula is C12H25NOS. The summed E-state index contributed by atoms with van der Waals surface area (Å²) in [5.41, 5.74) is 0. The minimum Gasteiger partial charge on any atom is -0.392 e. The van der Waals surface area contributed by atoms with Crippen LogP contribution in [0.3, 0.4) is 0 Å². The number of piperidine rings is 1. The van der Waals surface area contributed by atoms with E-state index < -0.39 is 0 Å². The molecule has 1 N–H and O–H groups in total. The molecular weight excluding hydrogens is 206 g/mol. The first-order valence-electron chi connectivity index (χ1n) is 6.05. The van der Waals surface area contributed by atoms with Crippen LogP contribution in [0.15, 0.2) is 0 Å². The molecule has 0 amide bonds. The van der Waals surface area contributed by atoms with E-state index in [2.05, 4.69) is 38.3 Å². The molecule has 3 heteroatoms. The van der Waals surface area contributed by atoms with Gasteiger partial charge in [0.15, 0.2) is 0 Å². The lowest BCUT2D eigenvalue weighted by Gasteiger charge is -2.36. The van der Waals surface area contributed by atoms with Gasteiger partial charge < -0.3 is 10.0 Å². The number of thiol groups is 1. The molecule has 0 aromatic heterocycles. The van der Waals surface area contributed by atoms with Crippen LogP contribution >= 0.6 is 12.6 Å². The molecule has 0 spiro atoms. The highest BCUT2D eigenvalue weighted by Gasteiger charge is 2.26. The van der Waals surface area contributed by atoms with Crippen molar-refractivity contribution in [1.29, 1.82) is 0 Å². The van der Waals surface area contributed by atoms with Crippen molar-refractivity contribution in [2.45, 2.75) is 33.3 Å². The van der Waals surface area contributed by atoms with Crippen molar-refractivity contribution in [2.24, 2.45) is 17.8 Å². The minimum absolute atomic E-state index is 0.133. The molecule has 0 aliphatic carbocycles. The summed E-state index contributed by atoms with van der Waals surface area (Å²) in [6.45, 7) is 9.71. The van der Waals surface area contributed by atoms with Gasteiger partial charge in [-0.15, -0.1) is 0 Å². The van der Waals surface area contributed by atoms with Gasteiger partial charge in [-0.25, -0.2) is 0 Å². The lowest BCUT2D eigenvalue weighted by atomic mass is 9.93. The molecule has 1 fully saturated rings. The number of aliphatic hydroxyl groups is 1. The van der Waals surface area contributed by atoms with Crippen molar-refractivity contribution in [3.8, 4) is 0 Å². The average Bonchev–Trinajstić information content (AvgIpc) is 2.19. The lowest BCUT2D eigenvalue weighted by Crippen LogP contribution is -2.45. The van der Waals surface area contributed by atoms with E-state index in [0.717, 1.165) is 31.8 Å². The Kier molecular flexibility index (Phi) is 5.44. The van der Waals surface area contributed by atoms with Crippen molar-refractivity contribution in [3.05, 3.63) is 0 Å². The maximum atomic E-state index is 9.81. The van der Waals surface area contributed by atoms with Crippen LogP contribution in [0, 0.1) is 17.8 Å². The molecule has 0 radical (unpaired) electrons. The van der Waals surface area contributed by atoms with Crippen molar-refractivity contribution >= 4 is 12.6 Å². The van der Waals surface area contributed by atoms with Gasteiger partial charge >= 0.3 is 0 Å². The van der Waals surface area contributed by atoms with Gasteiger partial charge in [0.25, 0.3) is 0 Å². The van der Waals surface area contributed by atoms with Crippen LogP contribution in [0.4, 0.5) is 0 Å². The first-order chi connectivity index (χ1) is 7.04. The molecule has 1 rings (SSSR count). The molecule has 0 aromatic carbocycles. The Balaban J connectivity index is 2.38. The van der Waals surface area contributed by atoms with Crippen molar-refractivity contribution in [1.82, 2.24) is 4.90 Å².